The molecule has 146 valence electrons. The minimum Gasteiger partial charge on any atom is -0.355 e. The highest BCUT2D eigenvalue weighted by atomic mass is 16.2. The van der Waals surface area contributed by atoms with Crippen molar-refractivity contribution in [2.24, 2.45) is 0 Å². The van der Waals surface area contributed by atoms with Gasteiger partial charge in [0, 0.05) is 51.7 Å². The number of carbonyl (C=O) groups excluding carboxylic acids is 1. The molecule has 1 N–H and O–H groups in total. The van der Waals surface area contributed by atoms with Gasteiger partial charge < -0.3 is 9.72 Å². The summed E-state index contributed by atoms with van der Waals surface area (Å²) in [4.78, 5) is 21.5. The van der Waals surface area contributed by atoms with E-state index in [0.717, 1.165) is 50.5 Å². The van der Waals surface area contributed by atoms with E-state index in [2.05, 4.69) is 42.8 Å². The van der Waals surface area contributed by atoms with Gasteiger partial charge in [-0.2, -0.15) is 0 Å². The van der Waals surface area contributed by atoms with Crippen LogP contribution in [-0.4, -0.2) is 64.4 Å². The van der Waals surface area contributed by atoms with Crippen molar-refractivity contribution in [3.8, 4) is 0 Å². The molecule has 1 aliphatic rings. The number of pyridine rings is 1. The van der Waals surface area contributed by atoms with Gasteiger partial charge in [0.2, 0.25) is 5.91 Å². The van der Waals surface area contributed by atoms with Gasteiger partial charge in [-0.05, 0) is 24.1 Å². The molecule has 0 bridgehead atoms. The Morgan fingerprint density at radius 3 is 2.50 bits per heavy atom. The summed E-state index contributed by atoms with van der Waals surface area (Å²) in [7, 11) is 0. The number of hydrogen-bond donors (Lipinski definition) is 1. The molecule has 6 heteroatoms. The van der Waals surface area contributed by atoms with E-state index in [1.807, 2.05) is 42.6 Å². The fourth-order valence-corrected chi connectivity index (χ4v) is 3.65. The van der Waals surface area contributed by atoms with Gasteiger partial charge >= 0.3 is 0 Å². The van der Waals surface area contributed by atoms with Gasteiger partial charge in [0.1, 0.15) is 5.65 Å². The van der Waals surface area contributed by atoms with Gasteiger partial charge in [0.15, 0.2) is 0 Å². The highest BCUT2D eigenvalue weighted by Gasteiger charge is 2.19. The zero-order valence-corrected chi connectivity index (χ0v) is 16.1. The molecule has 0 atom stereocenters. The molecular weight excluding hydrogens is 350 g/mol. The lowest BCUT2D eigenvalue weighted by atomic mass is 10.1. The van der Waals surface area contributed by atoms with E-state index < -0.39 is 0 Å². The Balaban J connectivity index is 1.17. The molecule has 0 radical (unpaired) electrons. The minimum atomic E-state index is 0.115. The Labute approximate surface area is 165 Å². The van der Waals surface area contributed by atoms with Crippen LogP contribution in [0.1, 0.15) is 11.3 Å². The second-order valence-electron chi connectivity index (χ2n) is 7.34. The maximum absolute atomic E-state index is 12.2. The van der Waals surface area contributed by atoms with Gasteiger partial charge in [-0.15, -0.1) is 0 Å². The lowest BCUT2D eigenvalue weighted by molar-refractivity contribution is -0.122. The number of imidazole rings is 1. The van der Waals surface area contributed by atoms with Gasteiger partial charge in [0.05, 0.1) is 12.2 Å². The zero-order valence-electron chi connectivity index (χ0n) is 16.1. The number of carbonyl (C=O) groups is 1. The molecule has 0 aliphatic carbocycles. The summed E-state index contributed by atoms with van der Waals surface area (Å²) in [6.45, 7) is 5.79. The van der Waals surface area contributed by atoms with E-state index >= 15 is 0 Å². The molecule has 2 aromatic heterocycles. The molecule has 3 aromatic rings. The fourth-order valence-electron chi connectivity index (χ4n) is 3.65. The second kappa shape index (κ2) is 8.99. The Kier molecular flexibility index (Phi) is 5.99. The van der Waals surface area contributed by atoms with Crippen LogP contribution in [0.2, 0.25) is 0 Å². The molecule has 0 spiro atoms. The van der Waals surface area contributed by atoms with Crippen LogP contribution < -0.4 is 5.32 Å². The summed E-state index contributed by atoms with van der Waals surface area (Å²) in [5, 5.41) is 3.04. The summed E-state index contributed by atoms with van der Waals surface area (Å²) >= 11 is 0. The molecule has 28 heavy (non-hydrogen) atoms. The predicted molar refractivity (Wildman–Crippen MR) is 110 cm³/mol. The Hall–Kier alpha value is -2.70. The third-order valence-electron chi connectivity index (χ3n) is 5.21. The van der Waals surface area contributed by atoms with E-state index in [1.165, 1.54) is 5.56 Å². The van der Waals surface area contributed by atoms with Crippen LogP contribution in [0.25, 0.3) is 5.65 Å². The maximum Gasteiger partial charge on any atom is 0.234 e. The molecule has 1 saturated heterocycles. The summed E-state index contributed by atoms with van der Waals surface area (Å²) in [6, 6.07) is 16.3. The monoisotopic (exact) mass is 377 g/mol. The average molecular weight is 377 g/mol. The van der Waals surface area contributed by atoms with E-state index in [1.54, 1.807) is 0 Å². The van der Waals surface area contributed by atoms with Crippen molar-refractivity contribution in [2.75, 3.05) is 39.3 Å². The summed E-state index contributed by atoms with van der Waals surface area (Å²) < 4.78 is 2.06. The molecule has 4 rings (SSSR count). The zero-order chi connectivity index (χ0) is 19.2. The number of hydrogen-bond acceptors (Lipinski definition) is 4. The van der Waals surface area contributed by atoms with Crippen LogP contribution in [0.15, 0.2) is 60.9 Å². The van der Waals surface area contributed by atoms with Crippen LogP contribution in [-0.2, 0) is 17.8 Å². The number of aromatic nitrogens is 2. The number of fused-ring (bicyclic) bond motifs is 1. The highest BCUT2D eigenvalue weighted by Crippen LogP contribution is 2.10. The molecule has 3 heterocycles. The quantitative estimate of drug-likeness (QED) is 0.682. The van der Waals surface area contributed by atoms with Crippen molar-refractivity contribution < 1.29 is 4.79 Å². The minimum absolute atomic E-state index is 0.115. The normalized spacial score (nSPS) is 15.7. The number of rotatable bonds is 7. The van der Waals surface area contributed by atoms with E-state index in [0.29, 0.717) is 13.1 Å². The first-order chi connectivity index (χ1) is 13.8. The molecule has 1 aliphatic heterocycles. The highest BCUT2D eigenvalue weighted by molar-refractivity contribution is 5.78. The van der Waals surface area contributed by atoms with Crippen molar-refractivity contribution in [3.05, 3.63) is 72.2 Å². The molecule has 6 nitrogen and oxygen atoms in total. The van der Waals surface area contributed by atoms with Gasteiger partial charge in [-0.25, -0.2) is 4.98 Å². The molecule has 1 aromatic carbocycles. The first kappa shape index (κ1) is 18.7. The third-order valence-corrected chi connectivity index (χ3v) is 5.21. The third kappa shape index (κ3) is 4.97. The fraction of sp³-hybridized carbons (Fsp3) is 0.364. The number of benzene rings is 1. The van der Waals surface area contributed by atoms with Crippen LogP contribution in [0.4, 0.5) is 0 Å². The van der Waals surface area contributed by atoms with E-state index in [4.69, 9.17) is 0 Å². The smallest absolute Gasteiger partial charge is 0.234 e. The van der Waals surface area contributed by atoms with Gasteiger partial charge in [-0.3, -0.25) is 14.6 Å². The van der Waals surface area contributed by atoms with Crippen molar-refractivity contribution >= 4 is 11.6 Å². The molecule has 1 amide bonds. The number of amides is 1. The molecular formula is C22H27N5O. The lowest BCUT2D eigenvalue weighted by Gasteiger charge is -2.33. The SMILES string of the molecule is O=C(CN1CCN(Cc2cn3ccccc3n2)CC1)NCCc1ccccc1. The molecule has 1 fully saturated rings. The predicted octanol–water partition coefficient (Wildman–Crippen LogP) is 1.81. The van der Waals surface area contributed by atoms with E-state index in [9.17, 15) is 4.79 Å². The van der Waals surface area contributed by atoms with Crippen molar-refractivity contribution in [2.45, 2.75) is 13.0 Å². The topological polar surface area (TPSA) is 52.9 Å². The van der Waals surface area contributed by atoms with Crippen molar-refractivity contribution in [3.63, 3.8) is 0 Å². The summed E-state index contributed by atoms with van der Waals surface area (Å²) in [5.41, 5.74) is 3.34. The van der Waals surface area contributed by atoms with Crippen molar-refractivity contribution in [1.82, 2.24) is 24.5 Å². The maximum atomic E-state index is 12.2. The van der Waals surface area contributed by atoms with E-state index in [-0.39, 0.29) is 5.91 Å². The Morgan fingerprint density at radius 2 is 1.71 bits per heavy atom. The van der Waals surface area contributed by atoms with Gasteiger partial charge in [-0.1, -0.05) is 36.4 Å². The number of piperazine rings is 1. The summed E-state index contributed by atoms with van der Waals surface area (Å²) in [6.07, 6.45) is 5.00. The largest absolute Gasteiger partial charge is 0.355 e. The average Bonchev–Trinajstić information content (AvgIpc) is 3.12. The summed E-state index contributed by atoms with van der Waals surface area (Å²) in [5.74, 6) is 0.115. The Morgan fingerprint density at radius 1 is 0.964 bits per heavy atom. The number of nitrogens with one attached hydrogen (secondary N) is 1. The lowest BCUT2D eigenvalue weighted by Crippen LogP contribution is -2.49. The Bertz CT molecular complexity index is 866. The standard InChI is InChI=1S/C22H27N5O/c28-22(23-10-9-19-6-2-1-3-7-19)18-26-14-12-25(13-15-26)16-20-17-27-11-5-4-8-21(27)24-20/h1-8,11,17H,9-10,12-16,18H2,(H,23,28). The van der Waals surface area contributed by atoms with Crippen LogP contribution in [0, 0.1) is 0 Å². The molecule has 0 saturated carbocycles. The van der Waals surface area contributed by atoms with Crippen LogP contribution >= 0.6 is 0 Å². The van der Waals surface area contributed by atoms with Crippen LogP contribution in [0.3, 0.4) is 0 Å². The second-order valence-corrected chi connectivity index (χ2v) is 7.34. The number of nitrogens with zero attached hydrogens (tertiary/aromatic N) is 4. The first-order valence-corrected chi connectivity index (χ1v) is 9.94. The van der Waals surface area contributed by atoms with Crippen molar-refractivity contribution in [1.29, 1.82) is 0 Å². The first-order valence-electron chi connectivity index (χ1n) is 9.94. The van der Waals surface area contributed by atoms with Crippen LogP contribution in [0.5, 0.6) is 0 Å². The molecule has 0 unspecified atom stereocenters. The van der Waals surface area contributed by atoms with Gasteiger partial charge in [0.25, 0.3) is 0 Å².